The molecule has 1 aromatic heterocycles. The molecule has 1 aliphatic heterocycles. The summed E-state index contributed by atoms with van der Waals surface area (Å²) in [6, 6.07) is 21.6. The van der Waals surface area contributed by atoms with Crippen molar-refractivity contribution in [1.82, 2.24) is 4.57 Å². The Morgan fingerprint density at radius 2 is 1.82 bits per heavy atom. The zero-order valence-corrected chi connectivity index (χ0v) is 22.3. The fourth-order valence-corrected chi connectivity index (χ4v) is 6.80. The van der Waals surface area contributed by atoms with Crippen molar-refractivity contribution in [2.75, 3.05) is 0 Å². The third-order valence-electron chi connectivity index (χ3n) is 6.32. The van der Waals surface area contributed by atoms with Crippen LogP contribution in [0.1, 0.15) is 34.7 Å². The van der Waals surface area contributed by atoms with Gasteiger partial charge in [-0.3, -0.25) is 9.36 Å². The Hall–Kier alpha value is -2.19. The van der Waals surface area contributed by atoms with Crippen LogP contribution in [0.3, 0.4) is 0 Å². The average molecular weight is 615 g/mol. The summed E-state index contributed by atoms with van der Waals surface area (Å²) in [6.07, 6.45) is 3.68. The number of fused-ring (bicyclic) bond motifs is 3. The van der Waals surface area contributed by atoms with E-state index in [1.54, 1.807) is 6.07 Å². The van der Waals surface area contributed by atoms with Crippen molar-refractivity contribution in [3.8, 4) is 0 Å². The summed E-state index contributed by atoms with van der Waals surface area (Å²) in [5.41, 5.74) is 6.33. The molecule has 0 N–H and O–H groups in total. The average Bonchev–Trinajstić information content (AvgIpc) is 3.14. The van der Waals surface area contributed by atoms with E-state index in [4.69, 9.17) is 28.2 Å². The van der Waals surface area contributed by atoms with E-state index in [-0.39, 0.29) is 11.6 Å². The summed E-state index contributed by atoms with van der Waals surface area (Å²) in [6.45, 7) is 0. The Labute approximate surface area is 223 Å². The molecule has 0 bridgehead atoms. The molecule has 168 valence electrons. The minimum absolute atomic E-state index is 0.0511. The quantitative estimate of drug-likeness (QED) is 0.247. The molecule has 0 radical (unpaired) electrons. The summed E-state index contributed by atoms with van der Waals surface area (Å²) in [7, 11) is 0. The van der Waals surface area contributed by atoms with Crippen molar-refractivity contribution in [3.05, 3.63) is 128 Å². The summed E-state index contributed by atoms with van der Waals surface area (Å²) in [5, 5.41) is 1.13. The molecule has 1 aliphatic carbocycles. The van der Waals surface area contributed by atoms with E-state index < -0.39 is 0 Å². The van der Waals surface area contributed by atoms with Gasteiger partial charge in [0.1, 0.15) is 0 Å². The second-order valence-electron chi connectivity index (χ2n) is 8.30. The standard InChI is InChI=1S/C27H17Cl2IN2OS/c28-17-10-12-19(21(29)14-17)25-20-11-9-15-5-1-3-7-18(15)24(20)31-27-32(25)26(33)23(34-27)13-16-6-2-4-8-22(16)30/h1-8,10,12-14,25H,9,11H2/b23-13+/t25-/m0/s1. The van der Waals surface area contributed by atoms with E-state index in [2.05, 4.69) is 40.8 Å². The lowest BCUT2D eigenvalue weighted by molar-refractivity contribution is 0.585. The van der Waals surface area contributed by atoms with Crippen molar-refractivity contribution in [1.29, 1.82) is 0 Å². The number of allylic oxidation sites excluding steroid dienone is 1. The Kier molecular flexibility index (Phi) is 5.76. The van der Waals surface area contributed by atoms with Crippen LogP contribution in [0.15, 0.2) is 82.1 Å². The Balaban J connectivity index is 1.66. The lowest BCUT2D eigenvalue weighted by Crippen LogP contribution is -2.38. The lowest BCUT2D eigenvalue weighted by atomic mass is 9.83. The van der Waals surface area contributed by atoms with Crippen LogP contribution in [0.5, 0.6) is 0 Å². The molecule has 1 atom stereocenters. The molecule has 0 unspecified atom stereocenters. The number of aryl methyl sites for hydroxylation is 1. The summed E-state index contributed by atoms with van der Waals surface area (Å²) in [5.74, 6) is 0. The number of rotatable bonds is 2. The van der Waals surface area contributed by atoms with Gasteiger partial charge in [-0.25, -0.2) is 4.99 Å². The van der Waals surface area contributed by atoms with Gasteiger partial charge in [0.2, 0.25) is 0 Å². The van der Waals surface area contributed by atoms with Crippen molar-refractivity contribution in [3.63, 3.8) is 0 Å². The summed E-state index contributed by atoms with van der Waals surface area (Å²) >= 11 is 16.6. The fourth-order valence-electron chi connectivity index (χ4n) is 4.76. The number of benzene rings is 3. The maximum absolute atomic E-state index is 13.8. The lowest BCUT2D eigenvalue weighted by Gasteiger charge is -2.31. The number of aromatic nitrogens is 1. The predicted molar refractivity (Wildman–Crippen MR) is 148 cm³/mol. The minimum atomic E-state index is -0.318. The van der Waals surface area contributed by atoms with Crippen molar-refractivity contribution >= 4 is 68.9 Å². The first kappa shape index (κ1) is 22.3. The first-order valence-corrected chi connectivity index (χ1v) is 13.5. The number of hydrogen-bond donors (Lipinski definition) is 0. The molecular weight excluding hydrogens is 598 g/mol. The Morgan fingerprint density at radius 1 is 1.03 bits per heavy atom. The second kappa shape index (κ2) is 8.79. The summed E-state index contributed by atoms with van der Waals surface area (Å²) in [4.78, 5) is 19.5. The maximum atomic E-state index is 13.8. The SMILES string of the molecule is O=c1/c(=C\c2ccccc2I)sc2n1[C@@H](c1ccc(Cl)cc1Cl)C1=C(N=2)c2ccccc2CC1. The first-order valence-electron chi connectivity index (χ1n) is 10.8. The van der Waals surface area contributed by atoms with Crippen LogP contribution in [0.4, 0.5) is 0 Å². The van der Waals surface area contributed by atoms with Crippen LogP contribution >= 0.6 is 57.1 Å². The molecule has 0 saturated heterocycles. The Morgan fingerprint density at radius 3 is 2.65 bits per heavy atom. The molecule has 3 aromatic carbocycles. The Bertz CT molecular complexity index is 1690. The van der Waals surface area contributed by atoms with Gasteiger partial charge in [0.05, 0.1) is 16.3 Å². The third kappa shape index (κ3) is 3.70. The van der Waals surface area contributed by atoms with Gasteiger partial charge in [-0.1, -0.05) is 83.1 Å². The topological polar surface area (TPSA) is 34.4 Å². The van der Waals surface area contributed by atoms with Gasteiger partial charge in [0.15, 0.2) is 4.80 Å². The predicted octanol–water partition coefficient (Wildman–Crippen LogP) is 6.23. The van der Waals surface area contributed by atoms with Crippen molar-refractivity contribution in [2.45, 2.75) is 18.9 Å². The van der Waals surface area contributed by atoms with Crippen LogP contribution in [0, 0.1) is 3.57 Å². The van der Waals surface area contributed by atoms with Gasteiger partial charge in [-0.2, -0.15) is 0 Å². The number of nitrogens with zero attached hydrogens (tertiary/aromatic N) is 2. The van der Waals surface area contributed by atoms with Crippen LogP contribution in [-0.2, 0) is 6.42 Å². The zero-order chi connectivity index (χ0) is 23.4. The van der Waals surface area contributed by atoms with E-state index >= 15 is 0 Å². The van der Waals surface area contributed by atoms with E-state index in [0.29, 0.717) is 19.4 Å². The number of thiazole rings is 1. The van der Waals surface area contributed by atoms with E-state index in [1.807, 2.05) is 53.1 Å². The third-order valence-corrected chi connectivity index (χ3v) is 8.85. The fraction of sp³-hybridized carbons (Fsp3) is 0.111. The van der Waals surface area contributed by atoms with Gasteiger partial charge in [-0.05, 0) is 82.0 Å². The first-order chi connectivity index (χ1) is 16.5. The summed E-state index contributed by atoms with van der Waals surface area (Å²) < 4.78 is 3.57. The molecule has 4 aromatic rings. The van der Waals surface area contributed by atoms with Gasteiger partial charge in [0.25, 0.3) is 5.56 Å². The molecule has 0 spiro atoms. The molecule has 2 heterocycles. The molecule has 0 amide bonds. The molecule has 3 nitrogen and oxygen atoms in total. The normalized spacial score (nSPS) is 17.1. The zero-order valence-electron chi connectivity index (χ0n) is 17.8. The van der Waals surface area contributed by atoms with Crippen LogP contribution in [0.2, 0.25) is 10.0 Å². The van der Waals surface area contributed by atoms with Crippen molar-refractivity contribution in [2.24, 2.45) is 4.99 Å². The maximum Gasteiger partial charge on any atom is 0.271 e. The highest BCUT2D eigenvalue weighted by Crippen LogP contribution is 2.43. The largest absolute Gasteiger partial charge is 0.272 e. The molecule has 34 heavy (non-hydrogen) atoms. The highest BCUT2D eigenvalue weighted by molar-refractivity contribution is 14.1. The van der Waals surface area contributed by atoms with Gasteiger partial charge in [0, 0.05) is 19.2 Å². The van der Waals surface area contributed by atoms with Crippen LogP contribution in [-0.4, -0.2) is 4.57 Å². The monoisotopic (exact) mass is 614 g/mol. The van der Waals surface area contributed by atoms with Crippen LogP contribution in [0.25, 0.3) is 11.8 Å². The second-order valence-corrected chi connectivity index (χ2v) is 11.3. The molecule has 0 fully saturated rings. The van der Waals surface area contributed by atoms with Crippen molar-refractivity contribution < 1.29 is 0 Å². The van der Waals surface area contributed by atoms with E-state index in [0.717, 1.165) is 44.4 Å². The molecule has 2 aliphatic rings. The van der Waals surface area contributed by atoms with Gasteiger partial charge < -0.3 is 0 Å². The van der Waals surface area contributed by atoms with Gasteiger partial charge in [-0.15, -0.1) is 0 Å². The molecular formula is C27H17Cl2IN2OS. The van der Waals surface area contributed by atoms with Crippen LogP contribution < -0.4 is 14.9 Å². The van der Waals surface area contributed by atoms with E-state index in [9.17, 15) is 4.79 Å². The smallest absolute Gasteiger partial charge is 0.271 e. The number of halogens is 3. The minimum Gasteiger partial charge on any atom is -0.272 e. The molecule has 7 heteroatoms. The highest BCUT2D eigenvalue weighted by Gasteiger charge is 2.33. The van der Waals surface area contributed by atoms with Gasteiger partial charge >= 0.3 is 0 Å². The van der Waals surface area contributed by atoms with E-state index in [1.165, 1.54) is 16.9 Å². The number of hydrogen-bond acceptors (Lipinski definition) is 3. The molecule has 6 rings (SSSR count). The highest BCUT2D eigenvalue weighted by atomic mass is 127. The molecule has 0 saturated carbocycles.